The largest absolute Gasteiger partial charge is 0.338 e. The maximum Gasteiger partial charge on any atom is 0.241 e. The number of thiophene rings is 1. The first-order valence-electron chi connectivity index (χ1n) is 7.96. The lowest BCUT2D eigenvalue weighted by atomic mass is 10.0. The first kappa shape index (κ1) is 14.6. The fraction of sp³-hybridized carbons (Fsp3) is 0.438. The predicted molar refractivity (Wildman–Crippen MR) is 87.9 cm³/mol. The predicted octanol–water partition coefficient (Wildman–Crippen LogP) is 3.05. The summed E-state index contributed by atoms with van der Waals surface area (Å²) in [4.78, 5) is 8.04. The maximum absolute atomic E-state index is 5.46. The average Bonchev–Trinajstić information content (AvgIpc) is 3.31. The van der Waals surface area contributed by atoms with E-state index in [1.807, 2.05) is 40.7 Å². The summed E-state index contributed by atoms with van der Waals surface area (Å²) < 4.78 is 7.46. The number of piperidine rings is 1. The molecule has 1 saturated heterocycles. The summed E-state index contributed by atoms with van der Waals surface area (Å²) in [6.07, 6.45) is 7.53. The Bertz CT molecular complexity index is 722. The van der Waals surface area contributed by atoms with E-state index >= 15 is 0 Å². The van der Waals surface area contributed by atoms with Gasteiger partial charge in [-0.15, -0.1) is 11.3 Å². The molecule has 120 valence electrons. The number of aromatic nitrogens is 4. The summed E-state index contributed by atoms with van der Waals surface area (Å²) in [7, 11) is 0. The van der Waals surface area contributed by atoms with Crippen molar-refractivity contribution in [2.24, 2.45) is 0 Å². The molecule has 3 aromatic rings. The topological polar surface area (TPSA) is 60.0 Å². The second-order valence-electron chi connectivity index (χ2n) is 5.84. The van der Waals surface area contributed by atoms with Gasteiger partial charge in [0, 0.05) is 18.4 Å². The Hall–Kier alpha value is -1.99. The zero-order chi connectivity index (χ0) is 15.5. The SMILES string of the molecule is c1csc(-c2noc(CN3CCCCC3Cn3cccn3)n2)c1. The average molecular weight is 329 g/mol. The molecule has 1 fully saturated rings. The monoisotopic (exact) mass is 329 g/mol. The molecule has 6 nitrogen and oxygen atoms in total. The third kappa shape index (κ3) is 3.35. The third-order valence-corrected chi connectivity index (χ3v) is 5.12. The van der Waals surface area contributed by atoms with Gasteiger partial charge in [-0.3, -0.25) is 9.58 Å². The fourth-order valence-corrected chi connectivity index (χ4v) is 3.75. The first-order valence-corrected chi connectivity index (χ1v) is 8.84. The Kier molecular flexibility index (Phi) is 4.21. The Morgan fingerprint density at radius 2 is 2.30 bits per heavy atom. The second-order valence-corrected chi connectivity index (χ2v) is 6.78. The van der Waals surface area contributed by atoms with Gasteiger partial charge in [-0.1, -0.05) is 17.6 Å². The van der Waals surface area contributed by atoms with Gasteiger partial charge in [0.15, 0.2) is 0 Å². The van der Waals surface area contributed by atoms with Crippen LogP contribution < -0.4 is 0 Å². The molecule has 4 heterocycles. The highest BCUT2D eigenvalue weighted by atomic mass is 32.1. The first-order chi connectivity index (χ1) is 11.4. The number of nitrogens with zero attached hydrogens (tertiary/aromatic N) is 5. The lowest BCUT2D eigenvalue weighted by Gasteiger charge is -2.34. The van der Waals surface area contributed by atoms with E-state index in [-0.39, 0.29) is 0 Å². The van der Waals surface area contributed by atoms with E-state index in [2.05, 4.69) is 20.1 Å². The van der Waals surface area contributed by atoms with E-state index in [0.29, 0.717) is 24.3 Å². The molecule has 23 heavy (non-hydrogen) atoms. The summed E-state index contributed by atoms with van der Waals surface area (Å²) in [5.41, 5.74) is 0. The summed E-state index contributed by atoms with van der Waals surface area (Å²) in [6, 6.07) is 6.46. The highest BCUT2D eigenvalue weighted by molar-refractivity contribution is 7.13. The smallest absolute Gasteiger partial charge is 0.241 e. The Balaban J connectivity index is 1.45. The zero-order valence-corrected chi connectivity index (χ0v) is 13.7. The fourth-order valence-electron chi connectivity index (χ4n) is 3.10. The third-order valence-electron chi connectivity index (χ3n) is 4.25. The van der Waals surface area contributed by atoms with Crippen molar-refractivity contribution >= 4 is 11.3 Å². The molecule has 1 aliphatic heterocycles. The van der Waals surface area contributed by atoms with Crippen LogP contribution in [-0.4, -0.2) is 37.4 Å². The van der Waals surface area contributed by atoms with Crippen LogP contribution in [0.3, 0.4) is 0 Å². The van der Waals surface area contributed by atoms with Crippen LogP contribution in [-0.2, 0) is 13.1 Å². The summed E-state index contributed by atoms with van der Waals surface area (Å²) >= 11 is 1.63. The second kappa shape index (κ2) is 6.64. The number of hydrogen-bond acceptors (Lipinski definition) is 6. The Morgan fingerprint density at radius 3 is 3.13 bits per heavy atom. The van der Waals surface area contributed by atoms with Crippen LogP contribution in [0.4, 0.5) is 0 Å². The molecule has 0 radical (unpaired) electrons. The van der Waals surface area contributed by atoms with Crippen molar-refractivity contribution in [1.29, 1.82) is 0 Å². The van der Waals surface area contributed by atoms with Gasteiger partial charge in [-0.25, -0.2) is 0 Å². The van der Waals surface area contributed by atoms with E-state index in [1.54, 1.807) is 11.3 Å². The van der Waals surface area contributed by atoms with Crippen molar-refractivity contribution in [3.8, 4) is 10.7 Å². The van der Waals surface area contributed by atoms with Gasteiger partial charge in [0.25, 0.3) is 0 Å². The zero-order valence-electron chi connectivity index (χ0n) is 12.8. The molecule has 1 aliphatic rings. The van der Waals surface area contributed by atoms with Crippen LogP contribution >= 0.6 is 11.3 Å². The summed E-state index contributed by atoms with van der Waals surface area (Å²) in [6.45, 7) is 2.70. The van der Waals surface area contributed by atoms with Crippen LogP contribution in [0.5, 0.6) is 0 Å². The minimum absolute atomic E-state index is 0.473. The molecule has 3 aromatic heterocycles. The van der Waals surface area contributed by atoms with Crippen LogP contribution in [0.25, 0.3) is 10.7 Å². The number of likely N-dealkylation sites (tertiary alicyclic amines) is 1. The molecule has 4 rings (SSSR count). The minimum Gasteiger partial charge on any atom is -0.338 e. The molecule has 7 heteroatoms. The van der Waals surface area contributed by atoms with Gasteiger partial charge in [0.1, 0.15) is 0 Å². The van der Waals surface area contributed by atoms with Gasteiger partial charge >= 0.3 is 0 Å². The minimum atomic E-state index is 0.473. The molecule has 0 spiro atoms. The van der Waals surface area contributed by atoms with Crippen LogP contribution in [0.1, 0.15) is 25.2 Å². The maximum atomic E-state index is 5.46. The van der Waals surface area contributed by atoms with Gasteiger partial charge in [0.2, 0.25) is 11.7 Å². The van der Waals surface area contributed by atoms with E-state index in [1.165, 1.54) is 19.3 Å². The summed E-state index contributed by atoms with van der Waals surface area (Å²) in [5.74, 6) is 1.39. The Labute approximate surface area is 138 Å². The molecule has 0 bridgehead atoms. The molecule has 0 aromatic carbocycles. The van der Waals surface area contributed by atoms with Crippen LogP contribution in [0.15, 0.2) is 40.5 Å². The standard InChI is InChI=1S/C16H19N5OS/c1-2-8-20(13(5-1)11-21-9-4-7-17-21)12-15-18-16(19-22-15)14-6-3-10-23-14/h3-4,6-7,9-10,13H,1-2,5,8,11-12H2. The summed E-state index contributed by atoms with van der Waals surface area (Å²) in [5, 5.41) is 10.5. The van der Waals surface area contributed by atoms with E-state index in [9.17, 15) is 0 Å². The van der Waals surface area contributed by atoms with E-state index in [4.69, 9.17) is 4.52 Å². The molecular weight excluding hydrogens is 310 g/mol. The highest BCUT2D eigenvalue weighted by Crippen LogP contribution is 2.24. The molecule has 1 unspecified atom stereocenters. The van der Waals surface area contributed by atoms with Crippen molar-refractivity contribution < 1.29 is 4.52 Å². The van der Waals surface area contributed by atoms with Crippen molar-refractivity contribution in [1.82, 2.24) is 24.8 Å². The molecule has 0 aliphatic carbocycles. The van der Waals surface area contributed by atoms with Crippen molar-refractivity contribution in [3.63, 3.8) is 0 Å². The van der Waals surface area contributed by atoms with Crippen molar-refractivity contribution in [2.75, 3.05) is 6.54 Å². The normalized spacial score (nSPS) is 19.2. The van der Waals surface area contributed by atoms with Crippen molar-refractivity contribution in [2.45, 2.75) is 38.4 Å². The van der Waals surface area contributed by atoms with Gasteiger partial charge in [-0.05, 0) is 36.9 Å². The molecule has 1 atom stereocenters. The van der Waals surface area contributed by atoms with Gasteiger partial charge in [0.05, 0.1) is 18.0 Å². The quantitative estimate of drug-likeness (QED) is 0.720. The van der Waals surface area contributed by atoms with Gasteiger partial charge in [-0.2, -0.15) is 10.1 Å². The number of rotatable bonds is 5. The molecule has 0 saturated carbocycles. The lowest BCUT2D eigenvalue weighted by Crippen LogP contribution is -2.41. The van der Waals surface area contributed by atoms with Gasteiger partial charge < -0.3 is 4.52 Å². The van der Waals surface area contributed by atoms with Crippen molar-refractivity contribution in [3.05, 3.63) is 41.9 Å². The highest BCUT2D eigenvalue weighted by Gasteiger charge is 2.25. The Morgan fingerprint density at radius 1 is 1.30 bits per heavy atom. The van der Waals surface area contributed by atoms with Crippen LogP contribution in [0, 0.1) is 0 Å². The van der Waals surface area contributed by atoms with Crippen LogP contribution in [0.2, 0.25) is 0 Å². The van der Waals surface area contributed by atoms with E-state index < -0.39 is 0 Å². The molecular formula is C16H19N5OS. The van der Waals surface area contributed by atoms with E-state index in [0.717, 1.165) is 18.0 Å². The molecule has 0 amide bonds. The lowest BCUT2D eigenvalue weighted by molar-refractivity contribution is 0.108. The number of hydrogen-bond donors (Lipinski definition) is 0. The molecule has 0 N–H and O–H groups in total.